The van der Waals surface area contributed by atoms with E-state index in [0.29, 0.717) is 13.0 Å². The minimum Gasteiger partial charge on any atom is -0.469 e. The zero-order valence-corrected chi connectivity index (χ0v) is 8.19. The molecule has 1 N–H and O–H groups in total. The molecule has 0 amide bonds. The molecular formula is C9H17NO3. The van der Waals surface area contributed by atoms with E-state index >= 15 is 0 Å². The number of ether oxygens (including phenoxy) is 1. The van der Waals surface area contributed by atoms with Crippen molar-refractivity contribution in [3.05, 3.63) is 0 Å². The van der Waals surface area contributed by atoms with Crippen LogP contribution >= 0.6 is 0 Å². The average Bonchev–Trinajstić information content (AvgIpc) is 2.17. The molecule has 1 fully saturated rings. The Kier molecular flexibility index (Phi) is 3.69. The van der Waals surface area contributed by atoms with Gasteiger partial charge in [-0.3, -0.25) is 4.79 Å². The van der Waals surface area contributed by atoms with Gasteiger partial charge in [0.15, 0.2) is 0 Å². The van der Waals surface area contributed by atoms with E-state index in [-0.39, 0.29) is 11.9 Å². The third-order valence-electron chi connectivity index (χ3n) is 2.61. The van der Waals surface area contributed by atoms with Gasteiger partial charge in [-0.05, 0) is 13.0 Å². The maximum absolute atomic E-state index is 11.2. The number of hydrogen-bond donors (Lipinski definition) is 1. The Balaban J connectivity index is 2.54. The van der Waals surface area contributed by atoms with Gasteiger partial charge in [0.05, 0.1) is 19.1 Å². The molecule has 0 aromatic carbocycles. The fraction of sp³-hybridized carbons (Fsp3) is 0.889. The summed E-state index contributed by atoms with van der Waals surface area (Å²) in [6, 6.07) is 0. The van der Waals surface area contributed by atoms with E-state index < -0.39 is 6.10 Å². The Morgan fingerprint density at radius 3 is 2.92 bits per heavy atom. The van der Waals surface area contributed by atoms with Crippen molar-refractivity contribution in [2.75, 3.05) is 26.7 Å². The Labute approximate surface area is 78.5 Å². The Morgan fingerprint density at radius 2 is 2.38 bits per heavy atom. The number of rotatable bonds is 2. The molecule has 76 valence electrons. The maximum atomic E-state index is 11.2. The topological polar surface area (TPSA) is 49.8 Å². The molecule has 1 aliphatic heterocycles. The van der Waals surface area contributed by atoms with Gasteiger partial charge in [-0.25, -0.2) is 0 Å². The third kappa shape index (κ3) is 2.42. The maximum Gasteiger partial charge on any atom is 0.312 e. The lowest BCUT2D eigenvalue weighted by molar-refractivity contribution is -0.152. The number of nitrogens with zero attached hydrogens (tertiary/aromatic N) is 1. The van der Waals surface area contributed by atoms with Crippen molar-refractivity contribution >= 4 is 5.97 Å². The first-order valence-corrected chi connectivity index (χ1v) is 4.67. The third-order valence-corrected chi connectivity index (χ3v) is 2.61. The highest BCUT2D eigenvalue weighted by atomic mass is 16.5. The van der Waals surface area contributed by atoms with Gasteiger partial charge in [0.25, 0.3) is 0 Å². The molecule has 0 spiro atoms. The molecule has 1 heterocycles. The van der Waals surface area contributed by atoms with Gasteiger partial charge in [-0.15, -0.1) is 0 Å². The smallest absolute Gasteiger partial charge is 0.312 e. The fourth-order valence-corrected chi connectivity index (χ4v) is 1.68. The van der Waals surface area contributed by atoms with Gasteiger partial charge >= 0.3 is 5.97 Å². The van der Waals surface area contributed by atoms with Gasteiger partial charge in [-0.1, -0.05) is 6.92 Å². The van der Waals surface area contributed by atoms with Crippen LogP contribution in [0, 0.1) is 5.92 Å². The summed E-state index contributed by atoms with van der Waals surface area (Å²) in [6.07, 6.45) is 0.128. The molecule has 2 atom stereocenters. The van der Waals surface area contributed by atoms with Crippen LogP contribution in [-0.4, -0.2) is 48.8 Å². The quantitative estimate of drug-likeness (QED) is 0.611. The van der Waals surface area contributed by atoms with Gasteiger partial charge in [0.1, 0.15) is 0 Å². The SMILES string of the molecule is CCN1CC[C@@H](O)[C@H](C(=O)OC)C1. The number of carbonyl (C=O) groups is 1. The summed E-state index contributed by atoms with van der Waals surface area (Å²) in [5.74, 6) is -0.663. The summed E-state index contributed by atoms with van der Waals surface area (Å²) in [4.78, 5) is 13.4. The minimum atomic E-state index is -0.532. The number of likely N-dealkylation sites (tertiary alicyclic amines) is 1. The van der Waals surface area contributed by atoms with Gasteiger partial charge in [0.2, 0.25) is 0 Å². The molecule has 0 saturated carbocycles. The van der Waals surface area contributed by atoms with Crippen LogP contribution < -0.4 is 0 Å². The van der Waals surface area contributed by atoms with E-state index in [9.17, 15) is 9.90 Å². The molecule has 0 radical (unpaired) electrons. The molecule has 13 heavy (non-hydrogen) atoms. The summed E-state index contributed by atoms with van der Waals surface area (Å²) >= 11 is 0. The van der Waals surface area contributed by atoms with E-state index in [1.54, 1.807) is 0 Å². The highest BCUT2D eigenvalue weighted by Crippen LogP contribution is 2.17. The molecule has 4 heteroatoms. The van der Waals surface area contributed by atoms with Crippen LogP contribution in [0.25, 0.3) is 0 Å². The van der Waals surface area contributed by atoms with Gasteiger partial charge in [-0.2, -0.15) is 0 Å². The van der Waals surface area contributed by atoms with Crippen LogP contribution in [0.3, 0.4) is 0 Å². The Bertz CT molecular complexity index is 184. The predicted octanol–water partition coefficient (Wildman–Crippen LogP) is -0.138. The van der Waals surface area contributed by atoms with E-state index in [0.717, 1.165) is 13.1 Å². The van der Waals surface area contributed by atoms with Crippen molar-refractivity contribution in [3.8, 4) is 0 Å². The number of hydrogen-bond acceptors (Lipinski definition) is 4. The van der Waals surface area contributed by atoms with Crippen LogP contribution in [0.5, 0.6) is 0 Å². The standard InChI is InChI=1S/C9H17NO3/c1-3-10-5-4-8(11)7(6-10)9(12)13-2/h7-8,11H,3-6H2,1-2H3/t7-,8-/m1/s1. The van der Waals surface area contributed by atoms with Crippen LogP contribution in [0.2, 0.25) is 0 Å². The number of esters is 1. The predicted molar refractivity (Wildman–Crippen MR) is 48.2 cm³/mol. The lowest BCUT2D eigenvalue weighted by atomic mass is 9.95. The molecular weight excluding hydrogens is 170 g/mol. The van der Waals surface area contributed by atoms with E-state index in [2.05, 4.69) is 9.64 Å². The monoisotopic (exact) mass is 187 g/mol. The highest BCUT2D eigenvalue weighted by molar-refractivity contribution is 5.73. The number of carbonyl (C=O) groups excluding carboxylic acids is 1. The molecule has 0 aliphatic carbocycles. The van der Waals surface area contributed by atoms with E-state index in [4.69, 9.17) is 0 Å². The van der Waals surface area contributed by atoms with E-state index in [1.807, 2.05) is 6.92 Å². The molecule has 1 rings (SSSR count). The number of piperidine rings is 1. The lowest BCUT2D eigenvalue weighted by Crippen LogP contribution is -2.46. The largest absolute Gasteiger partial charge is 0.469 e. The molecule has 4 nitrogen and oxygen atoms in total. The summed E-state index contributed by atoms with van der Waals surface area (Å²) in [7, 11) is 1.36. The van der Waals surface area contributed by atoms with Crippen molar-refractivity contribution in [3.63, 3.8) is 0 Å². The van der Waals surface area contributed by atoms with Gasteiger partial charge in [0, 0.05) is 13.1 Å². The van der Waals surface area contributed by atoms with Crippen LogP contribution in [0.15, 0.2) is 0 Å². The first-order valence-electron chi connectivity index (χ1n) is 4.67. The van der Waals surface area contributed by atoms with Crippen molar-refractivity contribution in [1.29, 1.82) is 0 Å². The molecule has 0 unspecified atom stereocenters. The molecule has 1 saturated heterocycles. The van der Waals surface area contributed by atoms with Crippen LogP contribution in [-0.2, 0) is 9.53 Å². The normalized spacial score (nSPS) is 30.1. The van der Waals surface area contributed by atoms with Gasteiger partial charge < -0.3 is 14.7 Å². The van der Waals surface area contributed by atoms with Crippen molar-refractivity contribution < 1.29 is 14.6 Å². The molecule has 0 aromatic rings. The Morgan fingerprint density at radius 1 is 1.69 bits per heavy atom. The summed E-state index contributed by atoms with van der Waals surface area (Å²) in [5, 5.41) is 9.56. The molecule has 0 aromatic heterocycles. The van der Waals surface area contributed by atoms with Crippen LogP contribution in [0.4, 0.5) is 0 Å². The first-order chi connectivity index (χ1) is 6.19. The number of methoxy groups -OCH3 is 1. The van der Waals surface area contributed by atoms with Crippen molar-refractivity contribution in [2.45, 2.75) is 19.4 Å². The molecule has 1 aliphatic rings. The lowest BCUT2D eigenvalue weighted by Gasteiger charge is -2.33. The summed E-state index contributed by atoms with van der Waals surface area (Å²) < 4.78 is 4.63. The highest BCUT2D eigenvalue weighted by Gasteiger charge is 2.33. The summed E-state index contributed by atoms with van der Waals surface area (Å²) in [6.45, 7) is 4.45. The zero-order chi connectivity index (χ0) is 9.84. The van der Waals surface area contributed by atoms with E-state index in [1.165, 1.54) is 7.11 Å². The van der Waals surface area contributed by atoms with Crippen molar-refractivity contribution in [2.24, 2.45) is 5.92 Å². The minimum absolute atomic E-state index is 0.300. The second kappa shape index (κ2) is 4.58. The second-order valence-electron chi connectivity index (χ2n) is 3.38. The Hall–Kier alpha value is -0.610. The average molecular weight is 187 g/mol. The first kappa shape index (κ1) is 10.5. The van der Waals surface area contributed by atoms with Crippen LogP contribution in [0.1, 0.15) is 13.3 Å². The molecule has 0 bridgehead atoms. The fourth-order valence-electron chi connectivity index (χ4n) is 1.68. The zero-order valence-electron chi connectivity index (χ0n) is 8.19. The second-order valence-corrected chi connectivity index (χ2v) is 3.38. The van der Waals surface area contributed by atoms with Crippen molar-refractivity contribution in [1.82, 2.24) is 4.90 Å². The summed E-state index contributed by atoms with van der Waals surface area (Å²) in [5.41, 5.74) is 0. The number of aliphatic hydroxyl groups excluding tert-OH is 1. The number of aliphatic hydroxyl groups is 1.